The van der Waals surface area contributed by atoms with Crippen LogP contribution >= 0.6 is 0 Å². The lowest BCUT2D eigenvalue weighted by Gasteiger charge is -2.77. The van der Waals surface area contributed by atoms with Crippen LogP contribution in [-0.4, -0.2) is 81.0 Å². The Bertz CT molecular complexity index is 987. The van der Waals surface area contributed by atoms with E-state index in [1.807, 2.05) is 0 Å². The number of amides is 2. The van der Waals surface area contributed by atoms with Crippen molar-refractivity contribution in [2.45, 2.75) is 151 Å². The number of ether oxygens (including phenoxy) is 1. The van der Waals surface area contributed by atoms with Crippen molar-refractivity contribution in [3.63, 3.8) is 0 Å². The molecule has 10 aliphatic rings. The molecule has 206 valence electrons. The highest BCUT2D eigenvalue weighted by atomic mass is 16.5. The Morgan fingerprint density at radius 1 is 0.500 bits per heavy atom. The van der Waals surface area contributed by atoms with Crippen molar-refractivity contribution in [1.29, 1.82) is 0 Å². The number of carbonyl (C=O) groups is 2. The number of carbonyl (C=O) groups excluding carboxylic acids is 2. The summed E-state index contributed by atoms with van der Waals surface area (Å²) in [5, 5.41) is 0. The van der Waals surface area contributed by atoms with Crippen LogP contribution in [0, 0.1) is 35.5 Å². The lowest BCUT2D eigenvalue weighted by molar-refractivity contribution is -0.301. The molecule has 2 amide bonds. The zero-order valence-corrected chi connectivity index (χ0v) is 22.8. The number of hydrogen-bond donors (Lipinski definition) is 0. The van der Waals surface area contributed by atoms with Gasteiger partial charge in [0, 0.05) is 11.8 Å². The number of fused-ring (bicyclic) bond motifs is 6. The maximum absolute atomic E-state index is 14.5. The first-order valence-electron chi connectivity index (χ1n) is 16.8. The second-order valence-corrected chi connectivity index (χ2v) is 15.3. The molecule has 0 aromatic heterocycles. The summed E-state index contributed by atoms with van der Waals surface area (Å²) in [7, 11) is 0. The fraction of sp³-hybridized carbons (Fsp3) is 0.938. The molecule has 5 heterocycles. The number of nitrogens with zero attached hydrogens (tertiary/aromatic N) is 3. The fourth-order valence-corrected chi connectivity index (χ4v) is 13.4. The van der Waals surface area contributed by atoms with Gasteiger partial charge in [0.05, 0.1) is 54.5 Å². The molecule has 14 atom stereocenters. The predicted molar refractivity (Wildman–Crippen MR) is 141 cm³/mol. The quantitative estimate of drug-likeness (QED) is 0.486. The summed E-state index contributed by atoms with van der Waals surface area (Å²) in [5.74, 6) is 4.01. The average Bonchev–Trinajstić information content (AvgIpc) is 2.96. The maximum Gasteiger partial charge on any atom is 0.226 e. The summed E-state index contributed by atoms with van der Waals surface area (Å²) < 4.78 is 7.05. The van der Waals surface area contributed by atoms with Crippen molar-refractivity contribution in [2.75, 3.05) is 0 Å². The third-order valence-electron chi connectivity index (χ3n) is 14.3. The van der Waals surface area contributed by atoms with E-state index < -0.39 is 0 Å². The van der Waals surface area contributed by atoms with Crippen LogP contribution in [0.15, 0.2) is 0 Å². The van der Waals surface area contributed by atoms with Gasteiger partial charge in [-0.25, -0.2) is 0 Å². The molecule has 6 heteroatoms. The molecule has 5 saturated carbocycles. The predicted octanol–water partition coefficient (Wildman–Crippen LogP) is 3.96. The third-order valence-corrected chi connectivity index (χ3v) is 14.3. The Hall–Kier alpha value is -1.14. The lowest BCUT2D eigenvalue weighted by atomic mass is 9.50. The Morgan fingerprint density at radius 2 is 1.00 bits per heavy atom. The van der Waals surface area contributed by atoms with Crippen LogP contribution in [-0.2, 0) is 14.3 Å². The Morgan fingerprint density at radius 3 is 1.53 bits per heavy atom. The van der Waals surface area contributed by atoms with Gasteiger partial charge in [-0.05, 0) is 94.3 Å². The van der Waals surface area contributed by atoms with E-state index in [0.717, 1.165) is 38.5 Å². The van der Waals surface area contributed by atoms with Crippen LogP contribution in [0.5, 0.6) is 0 Å². The molecule has 14 unspecified atom stereocenters. The summed E-state index contributed by atoms with van der Waals surface area (Å²) in [6.07, 6.45) is 18.7. The summed E-state index contributed by atoms with van der Waals surface area (Å²) in [5.41, 5.74) is 0. The zero-order valence-electron chi connectivity index (χ0n) is 22.8. The van der Waals surface area contributed by atoms with Crippen molar-refractivity contribution in [2.24, 2.45) is 35.5 Å². The smallest absolute Gasteiger partial charge is 0.226 e. The van der Waals surface area contributed by atoms with Gasteiger partial charge in [-0.15, -0.1) is 0 Å². The molecular formula is C32H45N3O3. The summed E-state index contributed by atoms with van der Waals surface area (Å²) in [6.45, 7) is 0. The van der Waals surface area contributed by atoms with Crippen LogP contribution in [0.4, 0.5) is 0 Å². The molecule has 0 bridgehead atoms. The highest BCUT2D eigenvalue weighted by molar-refractivity contribution is 5.83. The Labute approximate surface area is 227 Å². The molecule has 10 fully saturated rings. The van der Waals surface area contributed by atoms with Crippen molar-refractivity contribution in [3.05, 3.63) is 0 Å². The van der Waals surface area contributed by atoms with Crippen LogP contribution in [0.2, 0.25) is 0 Å². The number of morpholine rings is 1. The van der Waals surface area contributed by atoms with Gasteiger partial charge in [-0.1, -0.05) is 25.7 Å². The van der Waals surface area contributed by atoms with E-state index in [1.54, 1.807) is 0 Å². The van der Waals surface area contributed by atoms with Crippen molar-refractivity contribution >= 4 is 11.8 Å². The van der Waals surface area contributed by atoms with Gasteiger partial charge in [0.25, 0.3) is 0 Å². The second-order valence-electron chi connectivity index (χ2n) is 15.3. The van der Waals surface area contributed by atoms with Gasteiger partial charge in [-0.3, -0.25) is 14.5 Å². The van der Waals surface area contributed by atoms with Crippen molar-refractivity contribution in [3.8, 4) is 0 Å². The van der Waals surface area contributed by atoms with Gasteiger partial charge in [0.1, 0.15) is 0 Å². The molecule has 0 aromatic rings. The van der Waals surface area contributed by atoms with Gasteiger partial charge in [0.15, 0.2) is 0 Å². The number of piperazine rings is 2. The normalized spacial score (nSPS) is 58.1. The Kier molecular flexibility index (Phi) is 4.61. The highest BCUT2D eigenvalue weighted by Gasteiger charge is 2.73. The van der Waals surface area contributed by atoms with E-state index in [4.69, 9.17) is 4.74 Å². The van der Waals surface area contributed by atoms with Gasteiger partial charge >= 0.3 is 0 Å². The first-order chi connectivity index (χ1) is 18.7. The summed E-state index contributed by atoms with van der Waals surface area (Å²) in [4.78, 5) is 37.2. The Balaban J connectivity index is 1.19. The lowest BCUT2D eigenvalue weighted by Crippen LogP contribution is -2.91. The molecule has 5 aliphatic carbocycles. The molecule has 0 spiro atoms. The number of hydrogen-bond acceptors (Lipinski definition) is 4. The second kappa shape index (κ2) is 7.78. The third kappa shape index (κ3) is 2.56. The van der Waals surface area contributed by atoms with Gasteiger partial charge < -0.3 is 14.5 Å². The minimum Gasteiger partial charge on any atom is -0.372 e. The van der Waals surface area contributed by atoms with E-state index >= 15 is 0 Å². The van der Waals surface area contributed by atoms with E-state index in [1.165, 1.54) is 57.8 Å². The SMILES string of the molecule is O=C1C2CCCCC2C2CC3C4CCCCC4C(=O)N4C5CCCC6OC7CCCC8C7N(C65)C(C2N18)C34. The van der Waals surface area contributed by atoms with E-state index in [9.17, 15) is 9.59 Å². The summed E-state index contributed by atoms with van der Waals surface area (Å²) >= 11 is 0. The monoisotopic (exact) mass is 519 g/mol. The minimum atomic E-state index is 0.264. The van der Waals surface area contributed by atoms with E-state index in [0.29, 0.717) is 77.8 Å². The van der Waals surface area contributed by atoms with Gasteiger partial charge in [-0.2, -0.15) is 0 Å². The zero-order chi connectivity index (χ0) is 24.9. The van der Waals surface area contributed by atoms with Crippen LogP contribution in [0.3, 0.4) is 0 Å². The molecule has 6 nitrogen and oxygen atoms in total. The average molecular weight is 520 g/mol. The molecule has 0 radical (unpaired) electrons. The molecule has 38 heavy (non-hydrogen) atoms. The largest absolute Gasteiger partial charge is 0.372 e. The topological polar surface area (TPSA) is 53.1 Å². The van der Waals surface area contributed by atoms with Crippen LogP contribution < -0.4 is 0 Å². The highest BCUT2D eigenvalue weighted by Crippen LogP contribution is 2.62. The molecule has 0 N–H and O–H groups in total. The number of piperidine rings is 2. The maximum atomic E-state index is 14.5. The van der Waals surface area contributed by atoms with Gasteiger partial charge in [0.2, 0.25) is 11.8 Å². The summed E-state index contributed by atoms with van der Waals surface area (Å²) in [6, 6.07) is 2.40. The first kappa shape index (κ1) is 22.5. The van der Waals surface area contributed by atoms with Crippen LogP contribution in [0.1, 0.15) is 96.3 Å². The van der Waals surface area contributed by atoms with Crippen molar-refractivity contribution < 1.29 is 14.3 Å². The number of rotatable bonds is 0. The standard InChI is InChI=1S/C32H45N3O3/c36-31-18-9-3-1-7-16(18)20-15-21-17-8-2-4-10-19(17)32(37)34-23-12-6-14-25-29(23)35-28-22(11-5-13-24(28)38-25)33(31)26(20)30(35)27(21)34/h16-30H,1-15H2. The van der Waals surface area contributed by atoms with E-state index in [-0.39, 0.29) is 24.0 Å². The molecule has 5 saturated heterocycles. The molecule has 0 aromatic carbocycles. The first-order valence-corrected chi connectivity index (χ1v) is 16.8. The van der Waals surface area contributed by atoms with Crippen molar-refractivity contribution in [1.82, 2.24) is 14.7 Å². The molecule has 10 rings (SSSR count). The minimum absolute atomic E-state index is 0.264. The fourth-order valence-electron chi connectivity index (χ4n) is 13.4. The van der Waals surface area contributed by atoms with Crippen LogP contribution in [0.25, 0.3) is 0 Å². The molecule has 5 aliphatic heterocycles. The molecular weight excluding hydrogens is 474 g/mol. The van der Waals surface area contributed by atoms with E-state index in [2.05, 4.69) is 14.7 Å².